The van der Waals surface area contributed by atoms with Gasteiger partial charge in [0.2, 0.25) is 0 Å². The van der Waals surface area contributed by atoms with Crippen LogP contribution in [0.25, 0.3) is 11.5 Å². The number of aryl methyl sites for hydroxylation is 2. The van der Waals surface area contributed by atoms with Gasteiger partial charge < -0.3 is 0 Å². The number of hydrogen-bond donors (Lipinski definition) is 0. The molecule has 0 fully saturated rings. The molecule has 18 heavy (non-hydrogen) atoms. The van der Waals surface area contributed by atoms with E-state index in [9.17, 15) is 0 Å². The predicted molar refractivity (Wildman–Crippen MR) is 73.6 cm³/mol. The summed E-state index contributed by atoms with van der Waals surface area (Å²) in [6.45, 7) is 5.97. The van der Waals surface area contributed by atoms with Gasteiger partial charge in [0, 0.05) is 23.7 Å². The topological polar surface area (TPSA) is 38.7 Å². The molecule has 2 aromatic heterocycles. The molecule has 0 aromatic carbocycles. The number of halogens is 1. The molecule has 94 valence electrons. The maximum atomic E-state index is 6.07. The van der Waals surface area contributed by atoms with Gasteiger partial charge in [-0.05, 0) is 31.9 Å². The van der Waals surface area contributed by atoms with Crippen LogP contribution in [0.5, 0.6) is 0 Å². The highest BCUT2D eigenvalue weighted by Crippen LogP contribution is 2.24. The van der Waals surface area contributed by atoms with Gasteiger partial charge in [-0.1, -0.05) is 13.0 Å². The molecule has 2 rings (SSSR count). The lowest BCUT2D eigenvalue weighted by molar-refractivity contribution is 0.965. The van der Waals surface area contributed by atoms with E-state index in [2.05, 4.69) is 27.9 Å². The quantitative estimate of drug-likeness (QED) is 0.791. The Morgan fingerprint density at radius 1 is 1.33 bits per heavy atom. The zero-order valence-corrected chi connectivity index (χ0v) is 11.6. The Kier molecular flexibility index (Phi) is 3.92. The molecule has 0 aliphatic heterocycles. The SMILES string of the molecule is CCc1cccnc1-c1ncc(C(C)Cl)c(C)n1. The third-order valence-electron chi connectivity index (χ3n) is 2.93. The molecular weight excluding hydrogens is 246 g/mol. The van der Waals surface area contributed by atoms with Crippen molar-refractivity contribution in [2.24, 2.45) is 0 Å². The fourth-order valence-electron chi connectivity index (χ4n) is 1.91. The largest absolute Gasteiger partial charge is 0.253 e. The van der Waals surface area contributed by atoms with Crippen LogP contribution in [0, 0.1) is 6.92 Å². The van der Waals surface area contributed by atoms with Crippen LogP contribution in [0.15, 0.2) is 24.5 Å². The molecule has 0 spiro atoms. The van der Waals surface area contributed by atoms with E-state index in [1.807, 2.05) is 19.9 Å². The van der Waals surface area contributed by atoms with Gasteiger partial charge in [0.05, 0.1) is 5.38 Å². The fourth-order valence-corrected chi connectivity index (χ4v) is 2.12. The van der Waals surface area contributed by atoms with Gasteiger partial charge >= 0.3 is 0 Å². The number of aromatic nitrogens is 3. The fraction of sp³-hybridized carbons (Fsp3) is 0.357. The highest BCUT2D eigenvalue weighted by molar-refractivity contribution is 6.20. The molecule has 2 aromatic rings. The molecule has 1 unspecified atom stereocenters. The molecule has 4 heteroatoms. The lowest BCUT2D eigenvalue weighted by Gasteiger charge is -2.09. The number of rotatable bonds is 3. The number of nitrogens with zero attached hydrogens (tertiary/aromatic N) is 3. The number of alkyl halides is 1. The minimum atomic E-state index is -0.0755. The number of pyridine rings is 1. The highest BCUT2D eigenvalue weighted by atomic mass is 35.5. The molecule has 0 bridgehead atoms. The molecule has 2 heterocycles. The van der Waals surface area contributed by atoms with Crippen molar-refractivity contribution < 1.29 is 0 Å². The molecule has 0 amide bonds. The lowest BCUT2D eigenvalue weighted by Crippen LogP contribution is -2.01. The summed E-state index contributed by atoms with van der Waals surface area (Å²) in [5.41, 5.74) is 3.89. The van der Waals surface area contributed by atoms with Crippen molar-refractivity contribution in [1.29, 1.82) is 0 Å². The van der Waals surface area contributed by atoms with Crippen molar-refractivity contribution >= 4 is 11.6 Å². The second-order valence-electron chi connectivity index (χ2n) is 4.22. The molecule has 3 nitrogen and oxygen atoms in total. The Balaban J connectivity index is 2.49. The summed E-state index contributed by atoms with van der Waals surface area (Å²) in [4.78, 5) is 13.3. The number of hydrogen-bond acceptors (Lipinski definition) is 3. The summed E-state index contributed by atoms with van der Waals surface area (Å²) in [6.07, 6.45) is 4.48. The predicted octanol–water partition coefficient (Wildman–Crippen LogP) is 3.71. The Morgan fingerprint density at radius 2 is 2.11 bits per heavy atom. The van der Waals surface area contributed by atoms with Crippen LogP contribution in [0.4, 0.5) is 0 Å². The third kappa shape index (κ3) is 2.51. The van der Waals surface area contributed by atoms with Gasteiger partial charge in [0.15, 0.2) is 5.82 Å². The van der Waals surface area contributed by atoms with Gasteiger partial charge in [-0.15, -0.1) is 11.6 Å². The zero-order valence-electron chi connectivity index (χ0n) is 10.8. The molecule has 0 aliphatic carbocycles. The molecule has 0 aliphatic rings. The molecular formula is C14H16ClN3. The Hall–Kier alpha value is -1.48. The average molecular weight is 262 g/mol. The lowest BCUT2D eigenvalue weighted by atomic mass is 10.1. The summed E-state index contributed by atoms with van der Waals surface area (Å²) >= 11 is 6.07. The Morgan fingerprint density at radius 3 is 2.72 bits per heavy atom. The van der Waals surface area contributed by atoms with E-state index in [0.717, 1.165) is 28.9 Å². The van der Waals surface area contributed by atoms with Crippen molar-refractivity contribution in [1.82, 2.24) is 15.0 Å². The van der Waals surface area contributed by atoms with Crippen molar-refractivity contribution in [3.05, 3.63) is 41.3 Å². The zero-order chi connectivity index (χ0) is 13.1. The first kappa shape index (κ1) is 13.0. The summed E-state index contributed by atoms with van der Waals surface area (Å²) in [5, 5.41) is -0.0755. The van der Waals surface area contributed by atoms with E-state index in [1.54, 1.807) is 12.4 Å². The monoisotopic (exact) mass is 261 g/mol. The van der Waals surface area contributed by atoms with E-state index in [0.29, 0.717) is 5.82 Å². The van der Waals surface area contributed by atoms with Crippen molar-refractivity contribution in [2.75, 3.05) is 0 Å². The Bertz CT molecular complexity index is 552. The van der Waals surface area contributed by atoms with Crippen LogP contribution in [-0.2, 0) is 6.42 Å². The first-order chi connectivity index (χ1) is 8.63. The van der Waals surface area contributed by atoms with E-state index in [-0.39, 0.29) is 5.38 Å². The molecule has 0 N–H and O–H groups in total. The van der Waals surface area contributed by atoms with Gasteiger partial charge in [-0.2, -0.15) is 0 Å². The minimum absolute atomic E-state index is 0.0755. The average Bonchev–Trinajstić information content (AvgIpc) is 2.38. The van der Waals surface area contributed by atoms with Gasteiger partial charge in [-0.25, -0.2) is 9.97 Å². The van der Waals surface area contributed by atoms with E-state index >= 15 is 0 Å². The van der Waals surface area contributed by atoms with E-state index in [4.69, 9.17) is 11.6 Å². The van der Waals surface area contributed by atoms with Crippen molar-refractivity contribution in [3.8, 4) is 11.5 Å². The van der Waals surface area contributed by atoms with Crippen LogP contribution < -0.4 is 0 Å². The van der Waals surface area contributed by atoms with Gasteiger partial charge in [0.25, 0.3) is 0 Å². The molecule has 0 saturated carbocycles. The summed E-state index contributed by atoms with van der Waals surface area (Å²) in [6, 6.07) is 3.99. The van der Waals surface area contributed by atoms with Crippen molar-refractivity contribution in [2.45, 2.75) is 32.6 Å². The van der Waals surface area contributed by atoms with Crippen LogP contribution in [0.2, 0.25) is 0 Å². The van der Waals surface area contributed by atoms with Crippen molar-refractivity contribution in [3.63, 3.8) is 0 Å². The minimum Gasteiger partial charge on any atom is -0.253 e. The molecule has 1 atom stereocenters. The smallest absolute Gasteiger partial charge is 0.178 e. The van der Waals surface area contributed by atoms with Crippen LogP contribution in [0.1, 0.15) is 36.0 Å². The molecule has 0 saturated heterocycles. The normalized spacial score (nSPS) is 12.4. The summed E-state index contributed by atoms with van der Waals surface area (Å²) in [7, 11) is 0. The first-order valence-corrected chi connectivity index (χ1v) is 6.49. The summed E-state index contributed by atoms with van der Waals surface area (Å²) in [5.74, 6) is 0.672. The summed E-state index contributed by atoms with van der Waals surface area (Å²) < 4.78 is 0. The molecule has 0 radical (unpaired) electrons. The van der Waals surface area contributed by atoms with Crippen LogP contribution in [0.3, 0.4) is 0 Å². The highest BCUT2D eigenvalue weighted by Gasteiger charge is 2.12. The van der Waals surface area contributed by atoms with Crippen LogP contribution >= 0.6 is 11.6 Å². The van der Waals surface area contributed by atoms with Gasteiger partial charge in [0.1, 0.15) is 5.69 Å². The third-order valence-corrected chi connectivity index (χ3v) is 3.16. The Labute approximate surface area is 112 Å². The van der Waals surface area contributed by atoms with E-state index in [1.165, 1.54) is 0 Å². The first-order valence-electron chi connectivity index (χ1n) is 6.05. The standard InChI is InChI=1S/C14H16ClN3/c1-4-11-6-5-7-16-13(11)14-17-8-12(9(2)15)10(3)18-14/h5-9H,4H2,1-3H3. The van der Waals surface area contributed by atoms with E-state index < -0.39 is 0 Å². The maximum Gasteiger partial charge on any atom is 0.178 e. The van der Waals surface area contributed by atoms with Crippen LogP contribution in [-0.4, -0.2) is 15.0 Å². The maximum absolute atomic E-state index is 6.07. The second kappa shape index (κ2) is 5.44. The second-order valence-corrected chi connectivity index (χ2v) is 4.87. The van der Waals surface area contributed by atoms with Gasteiger partial charge in [-0.3, -0.25) is 4.98 Å².